The first-order valence-corrected chi connectivity index (χ1v) is 5.45. The van der Waals surface area contributed by atoms with Gasteiger partial charge < -0.3 is 15.4 Å². The highest BCUT2D eigenvalue weighted by Crippen LogP contribution is 2.14. The molecule has 1 rings (SSSR count). The normalized spacial score (nSPS) is 9.53. The average molecular weight is 257 g/mol. The van der Waals surface area contributed by atoms with Gasteiger partial charge in [-0.25, -0.2) is 4.79 Å². The van der Waals surface area contributed by atoms with Crippen molar-refractivity contribution in [2.24, 2.45) is 0 Å². The fourth-order valence-electron chi connectivity index (χ4n) is 1.11. The number of ether oxygens (including phenoxy) is 1. The van der Waals surface area contributed by atoms with Gasteiger partial charge in [-0.15, -0.1) is 0 Å². The Hall–Kier alpha value is -1.75. The van der Waals surface area contributed by atoms with Gasteiger partial charge >= 0.3 is 6.09 Å². The first kappa shape index (κ1) is 13.3. The largest absolute Gasteiger partial charge is 0.450 e. The molecule has 0 aliphatic carbocycles. The van der Waals surface area contributed by atoms with Gasteiger partial charge in [-0.1, -0.05) is 17.7 Å². The number of hydrogen-bond acceptors (Lipinski definition) is 3. The molecular weight excluding hydrogens is 244 g/mol. The van der Waals surface area contributed by atoms with E-state index in [1.54, 1.807) is 31.2 Å². The van der Waals surface area contributed by atoms with Gasteiger partial charge in [0.25, 0.3) is 0 Å². The monoisotopic (exact) mass is 256 g/mol. The van der Waals surface area contributed by atoms with Crippen LogP contribution < -0.4 is 10.6 Å². The summed E-state index contributed by atoms with van der Waals surface area (Å²) in [7, 11) is 0. The summed E-state index contributed by atoms with van der Waals surface area (Å²) in [6.07, 6.45) is -0.617. The predicted molar refractivity (Wildman–Crippen MR) is 65.1 cm³/mol. The zero-order chi connectivity index (χ0) is 12.7. The topological polar surface area (TPSA) is 67.4 Å². The molecule has 1 aromatic carbocycles. The first-order valence-electron chi connectivity index (χ1n) is 5.08. The second-order valence-electron chi connectivity index (χ2n) is 3.13. The zero-order valence-corrected chi connectivity index (χ0v) is 10.1. The summed E-state index contributed by atoms with van der Waals surface area (Å²) >= 11 is 5.76. The second kappa shape index (κ2) is 6.75. The Morgan fingerprint density at radius 3 is 2.82 bits per heavy atom. The Bertz CT molecular complexity index is 409. The van der Waals surface area contributed by atoms with Crippen molar-refractivity contribution in [3.63, 3.8) is 0 Å². The van der Waals surface area contributed by atoms with Crippen LogP contribution in [0.25, 0.3) is 0 Å². The maximum Gasteiger partial charge on any atom is 0.407 e. The van der Waals surface area contributed by atoms with E-state index in [0.717, 1.165) is 0 Å². The van der Waals surface area contributed by atoms with E-state index in [2.05, 4.69) is 15.4 Å². The Morgan fingerprint density at radius 2 is 2.18 bits per heavy atom. The number of carbonyl (C=O) groups is 2. The molecule has 0 saturated heterocycles. The van der Waals surface area contributed by atoms with E-state index < -0.39 is 6.09 Å². The van der Waals surface area contributed by atoms with Crippen molar-refractivity contribution in [1.29, 1.82) is 0 Å². The van der Waals surface area contributed by atoms with Gasteiger partial charge in [0.2, 0.25) is 5.91 Å². The number of nitrogens with one attached hydrogen (secondary N) is 2. The number of carbonyl (C=O) groups excluding carboxylic acids is 2. The molecule has 0 bridgehead atoms. The number of amides is 2. The molecule has 0 saturated carbocycles. The second-order valence-corrected chi connectivity index (χ2v) is 3.57. The van der Waals surface area contributed by atoms with Crippen molar-refractivity contribution in [3.8, 4) is 0 Å². The zero-order valence-electron chi connectivity index (χ0n) is 9.33. The summed E-state index contributed by atoms with van der Waals surface area (Å²) in [6, 6.07) is 6.74. The highest BCUT2D eigenvalue weighted by molar-refractivity contribution is 6.30. The maximum atomic E-state index is 11.4. The Labute approximate surface area is 104 Å². The molecule has 0 aliphatic heterocycles. The van der Waals surface area contributed by atoms with Crippen LogP contribution in [0.2, 0.25) is 5.02 Å². The summed E-state index contributed by atoms with van der Waals surface area (Å²) in [5, 5.41) is 5.43. The molecule has 0 aliphatic rings. The molecule has 2 amide bonds. The lowest BCUT2D eigenvalue weighted by molar-refractivity contribution is -0.115. The quantitative estimate of drug-likeness (QED) is 0.866. The molecular formula is C11H13ClN2O3. The van der Waals surface area contributed by atoms with Gasteiger partial charge in [0.1, 0.15) is 6.54 Å². The number of hydrogen-bond donors (Lipinski definition) is 2. The van der Waals surface area contributed by atoms with Gasteiger partial charge in [0, 0.05) is 10.7 Å². The summed E-state index contributed by atoms with van der Waals surface area (Å²) in [4.78, 5) is 22.3. The highest BCUT2D eigenvalue weighted by Gasteiger charge is 2.05. The summed E-state index contributed by atoms with van der Waals surface area (Å²) in [5.74, 6) is -0.347. The molecule has 92 valence electrons. The molecule has 0 atom stereocenters. The lowest BCUT2D eigenvalue weighted by atomic mass is 10.3. The van der Waals surface area contributed by atoms with Crippen molar-refractivity contribution in [3.05, 3.63) is 29.3 Å². The smallest absolute Gasteiger partial charge is 0.407 e. The minimum atomic E-state index is -0.617. The fraction of sp³-hybridized carbons (Fsp3) is 0.273. The first-order chi connectivity index (χ1) is 8.11. The van der Waals surface area contributed by atoms with Crippen molar-refractivity contribution in [2.75, 3.05) is 18.5 Å². The minimum Gasteiger partial charge on any atom is -0.450 e. The SMILES string of the molecule is CCOC(=O)NCC(=O)Nc1cccc(Cl)c1. The van der Waals surface area contributed by atoms with Gasteiger partial charge in [0.05, 0.1) is 6.61 Å². The highest BCUT2D eigenvalue weighted by atomic mass is 35.5. The third-order valence-corrected chi connectivity index (χ3v) is 2.01. The van der Waals surface area contributed by atoms with Crippen LogP contribution in [0, 0.1) is 0 Å². The van der Waals surface area contributed by atoms with Crippen LogP contribution in [0.4, 0.5) is 10.5 Å². The summed E-state index contributed by atoms with van der Waals surface area (Å²) in [6.45, 7) is 1.80. The van der Waals surface area contributed by atoms with E-state index >= 15 is 0 Å². The molecule has 5 nitrogen and oxygen atoms in total. The van der Waals surface area contributed by atoms with Crippen LogP contribution in [0.3, 0.4) is 0 Å². The molecule has 0 spiro atoms. The van der Waals surface area contributed by atoms with E-state index in [1.807, 2.05) is 0 Å². The maximum absolute atomic E-state index is 11.4. The van der Waals surface area contributed by atoms with E-state index in [-0.39, 0.29) is 19.1 Å². The van der Waals surface area contributed by atoms with E-state index in [1.165, 1.54) is 0 Å². The minimum absolute atomic E-state index is 0.147. The molecule has 6 heteroatoms. The molecule has 17 heavy (non-hydrogen) atoms. The number of benzene rings is 1. The number of rotatable bonds is 4. The van der Waals surface area contributed by atoms with Crippen LogP contribution in [0.15, 0.2) is 24.3 Å². The molecule has 0 unspecified atom stereocenters. The van der Waals surface area contributed by atoms with Gasteiger partial charge in [-0.3, -0.25) is 4.79 Å². The van der Waals surface area contributed by atoms with Crippen molar-refractivity contribution in [2.45, 2.75) is 6.92 Å². The number of anilines is 1. The number of halogens is 1. The van der Waals surface area contributed by atoms with Gasteiger partial charge in [-0.05, 0) is 25.1 Å². The average Bonchev–Trinajstić information content (AvgIpc) is 2.27. The Balaban J connectivity index is 2.37. The van der Waals surface area contributed by atoms with E-state index in [0.29, 0.717) is 10.7 Å². The van der Waals surface area contributed by atoms with Gasteiger partial charge in [0.15, 0.2) is 0 Å². The summed E-state index contributed by atoms with van der Waals surface area (Å²) < 4.78 is 4.61. The number of alkyl carbamates (subject to hydrolysis) is 1. The van der Waals surface area contributed by atoms with Crippen molar-refractivity contribution >= 4 is 29.3 Å². The van der Waals surface area contributed by atoms with Crippen LogP contribution in [0.5, 0.6) is 0 Å². The van der Waals surface area contributed by atoms with E-state index in [9.17, 15) is 9.59 Å². The standard InChI is InChI=1S/C11H13ClN2O3/c1-2-17-11(16)13-7-10(15)14-9-5-3-4-8(12)6-9/h3-6H,2,7H2,1H3,(H,13,16)(H,14,15). The van der Waals surface area contributed by atoms with Crippen LogP contribution in [-0.4, -0.2) is 25.2 Å². The molecule has 0 fully saturated rings. The van der Waals surface area contributed by atoms with Crippen LogP contribution in [0.1, 0.15) is 6.92 Å². The molecule has 0 heterocycles. The lowest BCUT2D eigenvalue weighted by Gasteiger charge is -2.06. The molecule has 2 N–H and O–H groups in total. The third-order valence-electron chi connectivity index (χ3n) is 1.78. The fourth-order valence-corrected chi connectivity index (χ4v) is 1.30. The van der Waals surface area contributed by atoms with Crippen molar-refractivity contribution in [1.82, 2.24) is 5.32 Å². The van der Waals surface area contributed by atoms with Gasteiger partial charge in [-0.2, -0.15) is 0 Å². The van der Waals surface area contributed by atoms with E-state index in [4.69, 9.17) is 11.6 Å². The Kier molecular flexibility index (Phi) is 5.29. The molecule has 0 radical (unpaired) electrons. The summed E-state index contributed by atoms with van der Waals surface area (Å²) in [5.41, 5.74) is 0.577. The van der Waals surface area contributed by atoms with Crippen LogP contribution in [-0.2, 0) is 9.53 Å². The molecule has 0 aromatic heterocycles. The third kappa shape index (κ3) is 5.21. The van der Waals surface area contributed by atoms with Crippen LogP contribution >= 0.6 is 11.6 Å². The van der Waals surface area contributed by atoms with Crippen molar-refractivity contribution < 1.29 is 14.3 Å². The predicted octanol–water partition coefficient (Wildman–Crippen LogP) is 2.02. The Morgan fingerprint density at radius 1 is 1.41 bits per heavy atom. The lowest BCUT2D eigenvalue weighted by Crippen LogP contribution is -2.33. The molecule has 1 aromatic rings.